The van der Waals surface area contributed by atoms with Crippen LogP contribution in [-0.4, -0.2) is 41.5 Å². The quantitative estimate of drug-likeness (QED) is 0.767. The Bertz CT molecular complexity index is 801. The van der Waals surface area contributed by atoms with E-state index in [2.05, 4.69) is 66.2 Å². The molecular formula is C21H28ClN5O. The number of carbonyl (C=O) groups is 1. The second-order valence-corrected chi connectivity index (χ2v) is 8.58. The minimum absolute atomic E-state index is 0.0156. The molecule has 3 rings (SSSR count). The van der Waals surface area contributed by atoms with E-state index in [0.717, 1.165) is 25.7 Å². The van der Waals surface area contributed by atoms with Gasteiger partial charge in [0, 0.05) is 12.1 Å². The number of nitrogens with zero attached hydrogens (tertiary/aromatic N) is 4. The summed E-state index contributed by atoms with van der Waals surface area (Å²) in [5.74, 6) is 0. The predicted octanol–water partition coefficient (Wildman–Crippen LogP) is 4.05. The molecule has 2 aromatic rings. The number of benzene rings is 1. The molecule has 0 spiro atoms. The molecule has 0 bridgehead atoms. The molecule has 1 fully saturated rings. The van der Waals surface area contributed by atoms with Crippen molar-refractivity contribution in [1.29, 1.82) is 0 Å². The third kappa shape index (κ3) is 4.13. The molecule has 0 atom stereocenters. The molecule has 2 N–H and O–H groups in total. The number of nitrogens with two attached hydrogens (primary N) is 1. The van der Waals surface area contributed by atoms with E-state index < -0.39 is 6.03 Å². The van der Waals surface area contributed by atoms with Gasteiger partial charge in [0.15, 0.2) is 0 Å². The number of primary amides is 1. The van der Waals surface area contributed by atoms with Gasteiger partial charge in [-0.2, -0.15) is 0 Å². The van der Waals surface area contributed by atoms with Crippen LogP contribution in [0.2, 0.25) is 5.28 Å². The number of urea groups is 1. The first-order valence-corrected chi connectivity index (χ1v) is 9.91. The van der Waals surface area contributed by atoms with Gasteiger partial charge in [-0.05, 0) is 62.4 Å². The van der Waals surface area contributed by atoms with Gasteiger partial charge in [-0.1, -0.05) is 37.3 Å². The van der Waals surface area contributed by atoms with Gasteiger partial charge in [-0.15, -0.1) is 0 Å². The first-order valence-electron chi connectivity index (χ1n) is 9.53. The van der Waals surface area contributed by atoms with Gasteiger partial charge >= 0.3 is 6.03 Å². The number of hydrogen-bond donors (Lipinski definition) is 1. The lowest BCUT2D eigenvalue weighted by Gasteiger charge is -2.50. The molecule has 0 aliphatic heterocycles. The third-order valence-corrected chi connectivity index (χ3v) is 6.37. The van der Waals surface area contributed by atoms with Crippen molar-refractivity contribution in [1.82, 2.24) is 14.9 Å². The van der Waals surface area contributed by atoms with Crippen molar-refractivity contribution in [3.8, 4) is 0 Å². The molecule has 6 nitrogen and oxygen atoms in total. The molecule has 0 radical (unpaired) electrons. The highest BCUT2D eigenvalue weighted by Gasteiger charge is 2.44. The summed E-state index contributed by atoms with van der Waals surface area (Å²) in [4.78, 5) is 24.0. The Morgan fingerprint density at radius 2 is 1.68 bits per heavy atom. The summed E-state index contributed by atoms with van der Waals surface area (Å²) in [5.41, 5.74) is 7.56. The topological polar surface area (TPSA) is 75.3 Å². The van der Waals surface area contributed by atoms with Gasteiger partial charge < -0.3 is 5.73 Å². The molecular weight excluding hydrogens is 374 g/mol. The van der Waals surface area contributed by atoms with Crippen molar-refractivity contribution < 1.29 is 4.79 Å². The lowest BCUT2D eigenvalue weighted by molar-refractivity contribution is 0.0459. The number of halogens is 1. The monoisotopic (exact) mass is 401 g/mol. The van der Waals surface area contributed by atoms with Gasteiger partial charge in [0.25, 0.3) is 0 Å². The number of rotatable bonds is 5. The zero-order valence-electron chi connectivity index (χ0n) is 16.7. The van der Waals surface area contributed by atoms with Gasteiger partial charge in [0.05, 0.1) is 18.1 Å². The fourth-order valence-electron chi connectivity index (χ4n) is 4.29. The van der Waals surface area contributed by atoms with Crippen molar-refractivity contribution in [2.75, 3.05) is 25.5 Å². The van der Waals surface area contributed by atoms with E-state index in [1.54, 1.807) is 17.3 Å². The van der Waals surface area contributed by atoms with Crippen molar-refractivity contribution in [2.45, 2.75) is 38.1 Å². The molecule has 7 heteroatoms. The number of aromatic nitrogens is 2. The Hall–Kier alpha value is -2.18. The number of anilines is 1. The first kappa shape index (κ1) is 20.6. The Morgan fingerprint density at radius 3 is 2.18 bits per heavy atom. The van der Waals surface area contributed by atoms with Crippen LogP contribution in [0, 0.1) is 5.41 Å². The second kappa shape index (κ2) is 8.05. The minimum Gasteiger partial charge on any atom is -0.351 e. The first-order chi connectivity index (χ1) is 13.3. The lowest BCUT2D eigenvalue weighted by Crippen LogP contribution is -2.50. The fraction of sp³-hybridized carbons (Fsp3) is 0.476. The van der Waals surface area contributed by atoms with E-state index in [4.69, 9.17) is 17.3 Å². The van der Waals surface area contributed by atoms with Gasteiger partial charge in [0.2, 0.25) is 5.28 Å². The van der Waals surface area contributed by atoms with Crippen LogP contribution >= 0.6 is 11.6 Å². The molecule has 150 valence electrons. The van der Waals surface area contributed by atoms with E-state index in [0.29, 0.717) is 12.2 Å². The van der Waals surface area contributed by atoms with Crippen LogP contribution < -0.4 is 10.6 Å². The average Bonchev–Trinajstić information content (AvgIpc) is 2.68. The highest BCUT2D eigenvalue weighted by atomic mass is 35.5. The molecule has 1 aromatic carbocycles. The maximum absolute atomic E-state index is 12.1. The normalized spacial score (nSPS) is 24.9. The second-order valence-electron chi connectivity index (χ2n) is 8.24. The molecule has 1 saturated carbocycles. The van der Waals surface area contributed by atoms with Crippen LogP contribution in [0.25, 0.3) is 0 Å². The number of hydrogen-bond acceptors (Lipinski definition) is 4. The molecule has 1 aromatic heterocycles. The Morgan fingerprint density at radius 1 is 1.11 bits per heavy atom. The standard InChI is InChI=1S/C21H28ClN5O/c1-20(15-27(19(23)28)17-13-24-18(22)25-14-17)9-11-21(12-10-20,26(2)3)16-7-5-4-6-8-16/h4-8,13-14H,9-12,15H2,1-3H3,(H2,23,28)/t20-,21-. The average molecular weight is 402 g/mol. The van der Waals surface area contributed by atoms with E-state index in [-0.39, 0.29) is 16.2 Å². The van der Waals surface area contributed by atoms with Crippen LogP contribution in [0.4, 0.5) is 10.5 Å². The molecule has 1 heterocycles. The highest BCUT2D eigenvalue weighted by molar-refractivity contribution is 6.28. The van der Waals surface area contributed by atoms with Crippen molar-refractivity contribution in [2.24, 2.45) is 11.1 Å². The maximum atomic E-state index is 12.1. The van der Waals surface area contributed by atoms with Crippen LogP contribution in [0.3, 0.4) is 0 Å². The van der Waals surface area contributed by atoms with Gasteiger partial charge in [0.1, 0.15) is 0 Å². The highest BCUT2D eigenvalue weighted by Crippen LogP contribution is 2.48. The third-order valence-electron chi connectivity index (χ3n) is 6.18. The smallest absolute Gasteiger partial charge is 0.319 e. The van der Waals surface area contributed by atoms with Crippen LogP contribution in [0.1, 0.15) is 38.2 Å². The Kier molecular flexibility index (Phi) is 5.91. The van der Waals surface area contributed by atoms with Crippen LogP contribution in [-0.2, 0) is 5.54 Å². The van der Waals surface area contributed by atoms with Gasteiger partial charge in [-0.3, -0.25) is 9.80 Å². The van der Waals surface area contributed by atoms with E-state index in [1.165, 1.54) is 5.56 Å². The van der Waals surface area contributed by atoms with Crippen LogP contribution in [0.5, 0.6) is 0 Å². The molecule has 2 amide bonds. The molecule has 1 aliphatic carbocycles. The summed E-state index contributed by atoms with van der Waals surface area (Å²) in [5, 5.41) is 0.149. The summed E-state index contributed by atoms with van der Waals surface area (Å²) >= 11 is 5.77. The minimum atomic E-state index is -0.500. The van der Waals surface area contributed by atoms with Crippen molar-refractivity contribution >= 4 is 23.3 Å². The lowest BCUT2D eigenvalue weighted by atomic mass is 9.65. The molecule has 1 aliphatic rings. The molecule has 0 saturated heterocycles. The Balaban J connectivity index is 1.79. The van der Waals surface area contributed by atoms with Crippen LogP contribution in [0.15, 0.2) is 42.7 Å². The molecule has 28 heavy (non-hydrogen) atoms. The summed E-state index contributed by atoms with van der Waals surface area (Å²) < 4.78 is 0. The fourth-order valence-corrected chi connectivity index (χ4v) is 4.39. The maximum Gasteiger partial charge on any atom is 0.319 e. The van der Waals surface area contributed by atoms with E-state index in [9.17, 15) is 4.79 Å². The summed E-state index contributed by atoms with van der Waals surface area (Å²) in [6.07, 6.45) is 7.09. The number of amides is 2. The largest absolute Gasteiger partial charge is 0.351 e. The Labute approximate surface area is 171 Å². The van der Waals surface area contributed by atoms with E-state index >= 15 is 0 Å². The zero-order chi connectivity index (χ0) is 20.4. The SMILES string of the molecule is CN(C)[C@]1(c2ccccc2)CC[C@@](C)(CN(C(N)=O)c2cnc(Cl)nc2)CC1. The van der Waals surface area contributed by atoms with E-state index in [1.807, 2.05) is 0 Å². The van der Waals surface area contributed by atoms with Crippen molar-refractivity contribution in [3.05, 3.63) is 53.6 Å². The summed E-state index contributed by atoms with van der Waals surface area (Å²) in [6, 6.07) is 10.2. The van der Waals surface area contributed by atoms with Crippen molar-refractivity contribution in [3.63, 3.8) is 0 Å². The summed E-state index contributed by atoms with van der Waals surface area (Å²) in [6.45, 7) is 2.76. The number of carbonyl (C=O) groups excluding carboxylic acids is 1. The van der Waals surface area contributed by atoms with Gasteiger partial charge in [-0.25, -0.2) is 14.8 Å². The summed E-state index contributed by atoms with van der Waals surface area (Å²) in [7, 11) is 4.30. The molecule has 0 unspecified atom stereocenters. The predicted molar refractivity (Wildman–Crippen MR) is 112 cm³/mol. The zero-order valence-corrected chi connectivity index (χ0v) is 17.5.